The summed E-state index contributed by atoms with van der Waals surface area (Å²) in [4.78, 5) is 28.9. The molecule has 0 aliphatic heterocycles. The van der Waals surface area contributed by atoms with Crippen LogP contribution in [0.25, 0.3) is 0 Å². The molecule has 2 amide bonds. The van der Waals surface area contributed by atoms with Crippen molar-refractivity contribution in [3.05, 3.63) is 88.4 Å². The molecule has 1 aliphatic carbocycles. The van der Waals surface area contributed by atoms with Gasteiger partial charge in [-0.25, -0.2) is 8.42 Å². The maximum Gasteiger partial charge on any atom is 0.264 e. The first-order valence-corrected chi connectivity index (χ1v) is 16.1. The Morgan fingerprint density at radius 3 is 2.26 bits per heavy atom. The lowest BCUT2D eigenvalue weighted by molar-refractivity contribution is -0.139. The number of anilines is 1. The SMILES string of the molecule is COc1ccc(S(=O)(=O)N(CC(=O)N(Cc2ccc(Cl)cc2Cl)[C@@H](C)C(=O)NC2CCCCC2)c2ccccc2)cc1. The Kier molecular flexibility index (Phi) is 10.8. The molecule has 1 fully saturated rings. The molecule has 42 heavy (non-hydrogen) atoms. The smallest absolute Gasteiger partial charge is 0.264 e. The number of carbonyl (C=O) groups is 2. The number of amides is 2. The molecule has 11 heteroatoms. The Labute approximate surface area is 257 Å². The van der Waals surface area contributed by atoms with Crippen molar-refractivity contribution >= 4 is 50.7 Å². The van der Waals surface area contributed by atoms with Crippen LogP contribution in [0.4, 0.5) is 5.69 Å². The van der Waals surface area contributed by atoms with E-state index in [1.165, 1.54) is 24.1 Å². The Morgan fingerprint density at radius 1 is 0.976 bits per heavy atom. The number of carbonyl (C=O) groups excluding carboxylic acids is 2. The number of ether oxygens (including phenoxy) is 1. The summed E-state index contributed by atoms with van der Waals surface area (Å²) in [6.07, 6.45) is 4.99. The van der Waals surface area contributed by atoms with Gasteiger partial charge >= 0.3 is 0 Å². The van der Waals surface area contributed by atoms with E-state index in [2.05, 4.69) is 5.32 Å². The molecule has 224 valence electrons. The molecule has 4 rings (SSSR count). The molecule has 0 bridgehead atoms. The minimum Gasteiger partial charge on any atom is -0.497 e. The summed E-state index contributed by atoms with van der Waals surface area (Å²) in [5.74, 6) is -0.363. The number of nitrogens with zero attached hydrogens (tertiary/aromatic N) is 2. The highest BCUT2D eigenvalue weighted by Crippen LogP contribution is 2.27. The van der Waals surface area contributed by atoms with Gasteiger partial charge in [-0.2, -0.15) is 0 Å². The van der Waals surface area contributed by atoms with Crippen LogP contribution in [0.15, 0.2) is 77.7 Å². The normalized spacial score (nSPS) is 14.6. The molecule has 0 radical (unpaired) electrons. The molecule has 0 aromatic heterocycles. The number of methoxy groups -OCH3 is 1. The molecular formula is C31H35Cl2N3O5S. The Hall–Kier alpha value is -3.27. The summed E-state index contributed by atoms with van der Waals surface area (Å²) in [6, 6.07) is 18.4. The van der Waals surface area contributed by atoms with Crippen LogP contribution in [0.2, 0.25) is 10.0 Å². The summed E-state index contributed by atoms with van der Waals surface area (Å²) < 4.78 is 34.0. The van der Waals surface area contributed by atoms with Gasteiger partial charge in [0.25, 0.3) is 10.0 Å². The first kappa shape index (κ1) is 31.7. The number of rotatable bonds is 11. The molecule has 0 unspecified atom stereocenters. The van der Waals surface area contributed by atoms with Crippen LogP contribution in [-0.4, -0.2) is 50.9 Å². The Bertz CT molecular complexity index is 1480. The minimum atomic E-state index is -4.18. The van der Waals surface area contributed by atoms with Crippen LogP contribution in [-0.2, 0) is 26.2 Å². The maximum absolute atomic E-state index is 14.1. The number of nitrogens with one attached hydrogen (secondary N) is 1. The van der Waals surface area contributed by atoms with E-state index in [1.54, 1.807) is 67.6 Å². The third kappa shape index (κ3) is 7.76. The second kappa shape index (κ2) is 14.3. The van der Waals surface area contributed by atoms with Gasteiger partial charge in [-0.3, -0.25) is 13.9 Å². The number of benzene rings is 3. The summed E-state index contributed by atoms with van der Waals surface area (Å²) in [7, 11) is -2.69. The van der Waals surface area contributed by atoms with Gasteiger partial charge in [0.05, 0.1) is 17.7 Å². The van der Waals surface area contributed by atoms with Gasteiger partial charge in [0, 0.05) is 22.6 Å². The molecule has 0 saturated heterocycles. The quantitative estimate of drug-likeness (QED) is 0.277. The number of halogens is 2. The predicted molar refractivity (Wildman–Crippen MR) is 165 cm³/mol. The molecule has 3 aromatic rings. The molecule has 0 heterocycles. The van der Waals surface area contributed by atoms with Crippen molar-refractivity contribution in [3.63, 3.8) is 0 Å². The van der Waals surface area contributed by atoms with E-state index in [-0.39, 0.29) is 23.4 Å². The first-order chi connectivity index (χ1) is 20.1. The van der Waals surface area contributed by atoms with E-state index in [0.29, 0.717) is 27.0 Å². The fraction of sp³-hybridized carbons (Fsp3) is 0.355. The monoisotopic (exact) mass is 631 g/mol. The van der Waals surface area contributed by atoms with Crippen molar-refractivity contribution in [3.8, 4) is 5.75 Å². The van der Waals surface area contributed by atoms with E-state index in [9.17, 15) is 18.0 Å². The van der Waals surface area contributed by atoms with Gasteiger partial charge in [0.1, 0.15) is 18.3 Å². The zero-order valence-electron chi connectivity index (χ0n) is 23.6. The van der Waals surface area contributed by atoms with Crippen molar-refractivity contribution in [2.24, 2.45) is 0 Å². The third-order valence-corrected chi connectivity index (χ3v) is 9.82. The molecule has 1 N–H and O–H groups in total. The van der Waals surface area contributed by atoms with Crippen LogP contribution in [0.5, 0.6) is 5.75 Å². The van der Waals surface area contributed by atoms with Crippen LogP contribution >= 0.6 is 23.2 Å². The van der Waals surface area contributed by atoms with Crippen molar-refractivity contribution in [1.82, 2.24) is 10.2 Å². The van der Waals surface area contributed by atoms with Gasteiger partial charge in [-0.05, 0) is 73.9 Å². The van der Waals surface area contributed by atoms with E-state index < -0.39 is 28.5 Å². The number of hydrogen-bond donors (Lipinski definition) is 1. The molecule has 1 aliphatic rings. The summed E-state index contributed by atoms with van der Waals surface area (Å²) >= 11 is 12.5. The highest BCUT2D eigenvalue weighted by Gasteiger charge is 2.33. The van der Waals surface area contributed by atoms with Crippen LogP contribution < -0.4 is 14.4 Å². The number of para-hydroxylation sites is 1. The lowest BCUT2D eigenvalue weighted by atomic mass is 9.95. The van der Waals surface area contributed by atoms with E-state index >= 15 is 0 Å². The Balaban J connectivity index is 1.67. The third-order valence-electron chi connectivity index (χ3n) is 7.45. The molecular weight excluding hydrogens is 597 g/mol. The molecule has 1 atom stereocenters. The fourth-order valence-corrected chi connectivity index (χ4v) is 6.87. The second-order valence-electron chi connectivity index (χ2n) is 10.3. The number of sulfonamides is 1. The van der Waals surface area contributed by atoms with Crippen LogP contribution in [0, 0.1) is 0 Å². The highest BCUT2D eigenvalue weighted by molar-refractivity contribution is 7.92. The van der Waals surface area contributed by atoms with E-state index in [1.807, 2.05) is 0 Å². The van der Waals surface area contributed by atoms with Gasteiger partial charge in [-0.1, -0.05) is 66.7 Å². The fourth-order valence-electron chi connectivity index (χ4n) is 4.98. The topological polar surface area (TPSA) is 96.0 Å². The number of hydrogen-bond acceptors (Lipinski definition) is 5. The average molecular weight is 633 g/mol. The van der Waals surface area contributed by atoms with Crippen molar-refractivity contribution in [2.45, 2.75) is 62.6 Å². The minimum absolute atomic E-state index is 0.00432. The van der Waals surface area contributed by atoms with Gasteiger partial charge in [0.15, 0.2) is 0 Å². The highest BCUT2D eigenvalue weighted by atomic mass is 35.5. The first-order valence-electron chi connectivity index (χ1n) is 13.9. The molecule has 8 nitrogen and oxygen atoms in total. The van der Waals surface area contributed by atoms with E-state index in [0.717, 1.165) is 36.4 Å². The summed E-state index contributed by atoms with van der Waals surface area (Å²) in [6.45, 7) is 1.09. The predicted octanol–water partition coefficient (Wildman–Crippen LogP) is 6.06. The Morgan fingerprint density at radius 2 is 1.64 bits per heavy atom. The largest absolute Gasteiger partial charge is 0.497 e. The summed E-state index contributed by atoms with van der Waals surface area (Å²) in [5.41, 5.74) is 0.890. The van der Waals surface area contributed by atoms with Crippen molar-refractivity contribution < 1.29 is 22.7 Å². The molecule has 0 spiro atoms. The maximum atomic E-state index is 14.1. The van der Waals surface area contributed by atoms with Gasteiger partial charge in [-0.15, -0.1) is 0 Å². The zero-order chi connectivity index (χ0) is 30.3. The standard InChI is InChI=1S/C31H35Cl2N3O5S/c1-22(31(38)34-25-9-5-3-6-10-25)35(20-23-13-14-24(32)19-29(23)33)30(37)21-36(26-11-7-4-8-12-26)42(39,40)28-17-15-27(41-2)16-18-28/h4,7-8,11-19,22,25H,3,5-6,9-10,20-21H2,1-2H3,(H,34,38)/t22-/m0/s1. The molecule has 1 saturated carbocycles. The van der Waals surface area contributed by atoms with Crippen molar-refractivity contribution in [1.29, 1.82) is 0 Å². The zero-order valence-corrected chi connectivity index (χ0v) is 26.0. The van der Waals surface area contributed by atoms with Gasteiger partial charge < -0.3 is 15.0 Å². The lowest BCUT2D eigenvalue weighted by Crippen LogP contribution is -2.53. The van der Waals surface area contributed by atoms with Gasteiger partial charge in [0.2, 0.25) is 11.8 Å². The lowest BCUT2D eigenvalue weighted by Gasteiger charge is -2.33. The second-order valence-corrected chi connectivity index (χ2v) is 13.0. The van der Waals surface area contributed by atoms with Crippen LogP contribution in [0.1, 0.15) is 44.6 Å². The van der Waals surface area contributed by atoms with E-state index in [4.69, 9.17) is 27.9 Å². The van der Waals surface area contributed by atoms with Crippen LogP contribution in [0.3, 0.4) is 0 Å². The summed E-state index contributed by atoms with van der Waals surface area (Å²) in [5, 5.41) is 3.86. The molecule has 3 aromatic carbocycles. The van der Waals surface area contributed by atoms with Crippen molar-refractivity contribution in [2.75, 3.05) is 18.0 Å². The average Bonchev–Trinajstić information content (AvgIpc) is 3.00.